The molecule has 2 aromatic rings. The maximum absolute atomic E-state index is 10.8. The third-order valence-corrected chi connectivity index (χ3v) is 3.94. The molecule has 0 aliphatic carbocycles. The largest absolute Gasteiger partial charge is 0.491 e. The number of hydrogen-bond donors (Lipinski definition) is 2. The second kappa shape index (κ2) is 14.0. The van der Waals surface area contributed by atoms with E-state index >= 15 is 0 Å². The fourth-order valence-electron chi connectivity index (χ4n) is 2.37. The van der Waals surface area contributed by atoms with E-state index in [4.69, 9.17) is 33.9 Å². The van der Waals surface area contributed by atoms with Gasteiger partial charge in [-0.05, 0) is 48.5 Å². The predicted molar refractivity (Wildman–Crippen MR) is 110 cm³/mol. The first-order chi connectivity index (χ1) is 15.1. The van der Waals surface area contributed by atoms with E-state index in [9.17, 15) is 9.59 Å². The van der Waals surface area contributed by atoms with Crippen LogP contribution in [0.25, 0.3) is 0 Å². The number of rotatable bonds is 16. The molecule has 0 heterocycles. The van der Waals surface area contributed by atoms with Gasteiger partial charge < -0.3 is 33.9 Å². The fraction of sp³-hybridized carbons (Fsp3) is 0.364. The summed E-state index contributed by atoms with van der Waals surface area (Å²) in [6.45, 7) is 3.22. The molecule has 0 radical (unpaired) electrons. The fourth-order valence-corrected chi connectivity index (χ4v) is 2.37. The molecule has 0 atom stereocenters. The summed E-state index contributed by atoms with van der Waals surface area (Å²) in [5, 5.41) is 17.7. The monoisotopic (exact) mass is 434 g/mol. The Morgan fingerprint density at radius 2 is 0.806 bits per heavy atom. The number of carboxylic acids is 2. The van der Waals surface area contributed by atoms with Gasteiger partial charge in [-0.15, -0.1) is 0 Å². The summed E-state index contributed by atoms with van der Waals surface area (Å²) in [7, 11) is 0. The maximum atomic E-state index is 10.8. The summed E-state index contributed by atoms with van der Waals surface area (Å²) < 4.78 is 27.1. The van der Waals surface area contributed by atoms with Crippen LogP contribution in [0.5, 0.6) is 11.5 Å². The Morgan fingerprint density at radius 1 is 0.516 bits per heavy atom. The Balaban J connectivity index is 1.37. The zero-order chi connectivity index (χ0) is 22.3. The van der Waals surface area contributed by atoms with Crippen molar-refractivity contribution in [3.05, 3.63) is 59.7 Å². The van der Waals surface area contributed by atoms with Gasteiger partial charge in [0, 0.05) is 0 Å². The lowest BCUT2D eigenvalue weighted by Crippen LogP contribution is -2.14. The summed E-state index contributed by atoms with van der Waals surface area (Å²) in [5.74, 6) is -0.775. The minimum absolute atomic E-state index is 0.213. The molecule has 9 nitrogen and oxygen atoms in total. The Hall–Kier alpha value is -3.14. The molecule has 0 fully saturated rings. The molecule has 0 saturated heterocycles. The average molecular weight is 434 g/mol. The van der Waals surface area contributed by atoms with Gasteiger partial charge >= 0.3 is 11.9 Å². The Labute approximate surface area is 180 Å². The van der Waals surface area contributed by atoms with Crippen molar-refractivity contribution in [1.82, 2.24) is 0 Å². The van der Waals surface area contributed by atoms with Crippen LogP contribution in [0.15, 0.2) is 48.5 Å². The van der Waals surface area contributed by atoms with E-state index in [0.717, 1.165) is 0 Å². The Bertz CT molecular complexity index is 720. The zero-order valence-electron chi connectivity index (χ0n) is 17.0. The van der Waals surface area contributed by atoms with E-state index in [-0.39, 0.29) is 11.1 Å². The molecule has 0 aliphatic rings. The molecule has 9 heteroatoms. The minimum Gasteiger partial charge on any atom is -0.491 e. The van der Waals surface area contributed by atoms with Crippen molar-refractivity contribution >= 4 is 11.9 Å². The van der Waals surface area contributed by atoms with Crippen molar-refractivity contribution in [3.63, 3.8) is 0 Å². The van der Waals surface area contributed by atoms with Crippen LogP contribution in [0.1, 0.15) is 20.7 Å². The van der Waals surface area contributed by atoms with Crippen molar-refractivity contribution in [1.29, 1.82) is 0 Å². The molecule has 0 unspecified atom stereocenters. The summed E-state index contributed by atoms with van der Waals surface area (Å²) in [4.78, 5) is 21.5. The number of ether oxygens (including phenoxy) is 5. The van der Waals surface area contributed by atoms with Crippen LogP contribution in [0.4, 0.5) is 0 Å². The normalized spacial score (nSPS) is 10.6. The highest BCUT2D eigenvalue weighted by molar-refractivity contribution is 5.88. The summed E-state index contributed by atoms with van der Waals surface area (Å²) in [5.41, 5.74) is 0.425. The van der Waals surface area contributed by atoms with Gasteiger partial charge in [-0.1, -0.05) is 0 Å². The first-order valence-corrected chi connectivity index (χ1v) is 9.72. The van der Waals surface area contributed by atoms with Crippen LogP contribution >= 0.6 is 0 Å². The van der Waals surface area contributed by atoms with Crippen molar-refractivity contribution in [2.24, 2.45) is 0 Å². The topological polar surface area (TPSA) is 121 Å². The highest BCUT2D eigenvalue weighted by atomic mass is 16.6. The molecular weight excluding hydrogens is 408 g/mol. The van der Waals surface area contributed by atoms with Gasteiger partial charge in [0.05, 0.1) is 50.8 Å². The highest BCUT2D eigenvalue weighted by Gasteiger charge is 2.03. The Morgan fingerprint density at radius 3 is 1.10 bits per heavy atom. The van der Waals surface area contributed by atoms with Crippen molar-refractivity contribution in [3.8, 4) is 11.5 Å². The lowest BCUT2D eigenvalue weighted by Gasteiger charge is -2.09. The van der Waals surface area contributed by atoms with E-state index < -0.39 is 11.9 Å². The number of hydrogen-bond acceptors (Lipinski definition) is 7. The molecule has 0 saturated carbocycles. The average Bonchev–Trinajstić information content (AvgIpc) is 2.77. The minimum atomic E-state index is -0.974. The second-order valence-electron chi connectivity index (χ2n) is 6.19. The third-order valence-electron chi connectivity index (χ3n) is 3.94. The molecule has 0 aliphatic heterocycles. The molecule has 0 amide bonds. The van der Waals surface area contributed by atoms with Crippen LogP contribution in [-0.2, 0) is 14.2 Å². The SMILES string of the molecule is O=C(O)c1ccc(OCCOCCOCCOCCOc2ccc(C(=O)O)cc2)cc1. The molecule has 168 valence electrons. The number of carbonyl (C=O) groups is 2. The van der Waals surface area contributed by atoms with Gasteiger partial charge in [-0.2, -0.15) is 0 Å². The van der Waals surface area contributed by atoms with Crippen LogP contribution in [0.2, 0.25) is 0 Å². The van der Waals surface area contributed by atoms with Gasteiger partial charge in [-0.3, -0.25) is 0 Å². The number of benzene rings is 2. The number of aromatic carboxylic acids is 2. The zero-order valence-corrected chi connectivity index (χ0v) is 17.0. The molecule has 31 heavy (non-hydrogen) atoms. The quantitative estimate of drug-likeness (QED) is 0.384. The standard InChI is InChI=1S/C22H26O9/c23-21(24)17-1-5-19(6-2-17)30-15-13-28-11-9-27-10-12-29-14-16-31-20-7-3-18(4-8-20)22(25)26/h1-8H,9-16H2,(H,23,24)(H,25,26). The van der Waals surface area contributed by atoms with Crippen molar-refractivity contribution in [2.45, 2.75) is 0 Å². The van der Waals surface area contributed by atoms with Crippen LogP contribution in [0.3, 0.4) is 0 Å². The van der Waals surface area contributed by atoms with E-state index in [1.165, 1.54) is 24.3 Å². The summed E-state index contributed by atoms with van der Waals surface area (Å²) in [6, 6.07) is 12.4. The molecule has 0 spiro atoms. The van der Waals surface area contributed by atoms with E-state index in [1.807, 2.05) is 0 Å². The van der Waals surface area contributed by atoms with Gasteiger partial charge in [-0.25, -0.2) is 9.59 Å². The lowest BCUT2D eigenvalue weighted by atomic mass is 10.2. The van der Waals surface area contributed by atoms with E-state index in [1.54, 1.807) is 24.3 Å². The predicted octanol–water partition coefficient (Wildman–Crippen LogP) is 2.59. The van der Waals surface area contributed by atoms with Crippen molar-refractivity contribution < 1.29 is 43.5 Å². The van der Waals surface area contributed by atoms with Gasteiger partial charge in [0.15, 0.2) is 0 Å². The Kier molecular flexibility index (Phi) is 10.9. The lowest BCUT2D eigenvalue weighted by molar-refractivity contribution is 0.00499. The number of carboxylic acid groups (broad SMARTS) is 2. The van der Waals surface area contributed by atoms with Crippen LogP contribution in [-0.4, -0.2) is 75.0 Å². The summed E-state index contributed by atoms with van der Waals surface area (Å²) in [6.07, 6.45) is 0. The van der Waals surface area contributed by atoms with Gasteiger partial charge in [0.2, 0.25) is 0 Å². The molecule has 2 aromatic carbocycles. The molecule has 2 N–H and O–H groups in total. The maximum Gasteiger partial charge on any atom is 0.335 e. The first-order valence-electron chi connectivity index (χ1n) is 9.72. The molecule has 2 rings (SSSR count). The summed E-state index contributed by atoms with van der Waals surface area (Å²) >= 11 is 0. The van der Waals surface area contributed by atoms with Crippen LogP contribution in [0, 0.1) is 0 Å². The molecule has 0 aromatic heterocycles. The second-order valence-corrected chi connectivity index (χ2v) is 6.19. The first kappa shape index (κ1) is 24.1. The van der Waals surface area contributed by atoms with E-state index in [0.29, 0.717) is 64.4 Å². The smallest absolute Gasteiger partial charge is 0.335 e. The third kappa shape index (κ3) is 9.94. The van der Waals surface area contributed by atoms with Crippen LogP contribution < -0.4 is 9.47 Å². The molecule has 0 bridgehead atoms. The van der Waals surface area contributed by atoms with Gasteiger partial charge in [0.1, 0.15) is 24.7 Å². The van der Waals surface area contributed by atoms with E-state index in [2.05, 4.69) is 0 Å². The van der Waals surface area contributed by atoms with Gasteiger partial charge in [0.25, 0.3) is 0 Å². The molecular formula is C22H26O9. The highest BCUT2D eigenvalue weighted by Crippen LogP contribution is 2.12. The van der Waals surface area contributed by atoms with Crippen molar-refractivity contribution in [2.75, 3.05) is 52.9 Å².